The summed E-state index contributed by atoms with van der Waals surface area (Å²) in [5.74, 6) is -4.35. The van der Waals surface area contributed by atoms with Gasteiger partial charge in [0.05, 0.1) is 11.3 Å². The lowest BCUT2D eigenvalue weighted by atomic mass is 10.0. The monoisotopic (exact) mass is 396 g/mol. The van der Waals surface area contributed by atoms with Crippen LogP contribution in [0.2, 0.25) is 0 Å². The first-order valence-electron chi connectivity index (χ1n) is 8.36. The Hall–Kier alpha value is -3.94. The van der Waals surface area contributed by atoms with E-state index in [2.05, 4.69) is 10.3 Å². The van der Waals surface area contributed by atoms with E-state index in [1.807, 2.05) is 0 Å². The SMILES string of the molecule is O=C(Nc1cc(F)cc(C(=O)c2ccc3ncoc3c2)c1F)c1cccc(F)c1. The third-order valence-electron chi connectivity index (χ3n) is 4.21. The third kappa shape index (κ3) is 3.60. The first-order valence-corrected chi connectivity index (χ1v) is 8.36. The smallest absolute Gasteiger partial charge is 0.255 e. The van der Waals surface area contributed by atoms with E-state index in [0.29, 0.717) is 11.1 Å². The van der Waals surface area contributed by atoms with Gasteiger partial charge in [0, 0.05) is 17.2 Å². The summed E-state index contributed by atoms with van der Waals surface area (Å²) in [5, 5.41) is 2.17. The van der Waals surface area contributed by atoms with Crippen LogP contribution in [0.1, 0.15) is 26.3 Å². The minimum absolute atomic E-state index is 0.0566. The highest BCUT2D eigenvalue weighted by Crippen LogP contribution is 2.25. The van der Waals surface area contributed by atoms with Crippen LogP contribution in [0.4, 0.5) is 18.9 Å². The zero-order valence-electron chi connectivity index (χ0n) is 14.6. The van der Waals surface area contributed by atoms with Crippen LogP contribution >= 0.6 is 0 Å². The number of halogens is 3. The fourth-order valence-electron chi connectivity index (χ4n) is 2.82. The quantitative estimate of drug-likeness (QED) is 0.507. The largest absolute Gasteiger partial charge is 0.443 e. The van der Waals surface area contributed by atoms with E-state index in [1.54, 1.807) is 0 Å². The number of hydrogen-bond donors (Lipinski definition) is 1. The van der Waals surface area contributed by atoms with Gasteiger partial charge in [-0.15, -0.1) is 0 Å². The van der Waals surface area contributed by atoms with Gasteiger partial charge in [0.25, 0.3) is 5.91 Å². The van der Waals surface area contributed by atoms with Gasteiger partial charge in [-0.25, -0.2) is 18.2 Å². The number of carbonyl (C=O) groups excluding carboxylic acids is 2. The summed E-state index contributed by atoms with van der Waals surface area (Å²) in [5.41, 5.74) is -0.322. The molecule has 29 heavy (non-hydrogen) atoms. The van der Waals surface area contributed by atoms with Gasteiger partial charge in [0.15, 0.2) is 23.6 Å². The van der Waals surface area contributed by atoms with Crippen LogP contribution in [0.15, 0.2) is 65.4 Å². The van der Waals surface area contributed by atoms with Crippen molar-refractivity contribution < 1.29 is 27.2 Å². The molecule has 5 nitrogen and oxygen atoms in total. The molecule has 0 aliphatic carbocycles. The number of carbonyl (C=O) groups is 2. The molecule has 1 amide bonds. The first-order chi connectivity index (χ1) is 13.9. The van der Waals surface area contributed by atoms with Crippen molar-refractivity contribution in [3.05, 3.63) is 95.1 Å². The molecule has 4 rings (SSSR count). The fourth-order valence-corrected chi connectivity index (χ4v) is 2.82. The number of oxazole rings is 1. The Bertz CT molecular complexity index is 1270. The number of anilines is 1. The highest BCUT2D eigenvalue weighted by molar-refractivity contribution is 6.11. The molecule has 1 heterocycles. The zero-order chi connectivity index (χ0) is 20.5. The maximum atomic E-state index is 14.9. The average molecular weight is 396 g/mol. The van der Waals surface area contributed by atoms with Gasteiger partial charge in [0.1, 0.15) is 17.2 Å². The standard InChI is InChI=1S/C21H11F3N2O3/c22-13-3-1-2-12(6-13)21(28)26-17-9-14(23)8-15(19(17)24)20(27)11-4-5-16-18(7-11)29-10-25-16/h1-10H,(H,26,28). The van der Waals surface area contributed by atoms with Gasteiger partial charge in [-0.2, -0.15) is 0 Å². The zero-order valence-corrected chi connectivity index (χ0v) is 14.6. The summed E-state index contributed by atoms with van der Waals surface area (Å²) in [7, 11) is 0. The molecule has 0 saturated carbocycles. The molecular formula is C21H11F3N2O3. The van der Waals surface area contributed by atoms with E-state index >= 15 is 0 Å². The van der Waals surface area contributed by atoms with Gasteiger partial charge in [0.2, 0.25) is 0 Å². The third-order valence-corrected chi connectivity index (χ3v) is 4.21. The summed E-state index contributed by atoms with van der Waals surface area (Å²) in [6.07, 6.45) is 1.20. The number of aromatic nitrogens is 1. The highest BCUT2D eigenvalue weighted by atomic mass is 19.1. The Morgan fingerprint density at radius 1 is 0.897 bits per heavy atom. The van der Waals surface area contributed by atoms with E-state index in [0.717, 1.165) is 24.3 Å². The summed E-state index contributed by atoms with van der Waals surface area (Å²) >= 11 is 0. The molecule has 144 valence electrons. The Balaban J connectivity index is 1.69. The molecule has 0 aliphatic heterocycles. The topological polar surface area (TPSA) is 72.2 Å². The summed E-state index contributed by atoms with van der Waals surface area (Å²) in [6.45, 7) is 0. The normalized spacial score (nSPS) is 10.9. The Kier molecular flexibility index (Phi) is 4.59. The predicted molar refractivity (Wildman–Crippen MR) is 98.2 cm³/mol. The molecule has 0 atom stereocenters. The van der Waals surface area contributed by atoms with E-state index in [1.165, 1.54) is 36.7 Å². The molecular weight excluding hydrogens is 385 g/mol. The van der Waals surface area contributed by atoms with Crippen molar-refractivity contribution in [2.45, 2.75) is 0 Å². The second-order valence-corrected chi connectivity index (χ2v) is 6.14. The number of benzene rings is 3. The lowest BCUT2D eigenvalue weighted by Crippen LogP contribution is -2.15. The van der Waals surface area contributed by atoms with Crippen molar-refractivity contribution in [2.75, 3.05) is 5.32 Å². The van der Waals surface area contributed by atoms with E-state index in [4.69, 9.17) is 4.42 Å². The summed E-state index contributed by atoms with van der Waals surface area (Å²) < 4.78 is 47.3. The van der Waals surface area contributed by atoms with Crippen molar-refractivity contribution >= 4 is 28.5 Å². The summed E-state index contributed by atoms with van der Waals surface area (Å²) in [6, 6.07) is 10.5. The van der Waals surface area contributed by atoms with Crippen LogP contribution in [-0.4, -0.2) is 16.7 Å². The minimum atomic E-state index is -1.11. The van der Waals surface area contributed by atoms with Crippen molar-refractivity contribution in [1.29, 1.82) is 0 Å². The van der Waals surface area contributed by atoms with E-state index in [9.17, 15) is 22.8 Å². The number of rotatable bonds is 4. The molecule has 0 bridgehead atoms. The second-order valence-electron chi connectivity index (χ2n) is 6.14. The number of nitrogens with one attached hydrogen (secondary N) is 1. The fraction of sp³-hybridized carbons (Fsp3) is 0. The van der Waals surface area contributed by atoms with Gasteiger partial charge in [-0.3, -0.25) is 9.59 Å². The van der Waals surface area contributed by atoms with Crippen LogP contribution in [0, 0.1) is 17.5 Å². The number of amides is 1. The Labute approximate surface area is 161 Å². The van der Waals surface area contributed by atoms with Gasteiger partial charge in [-0.1, -0.05) is 6.07 Å². The molecule has 0 fully saturated rings. The number of fused-ring (bicyclic) bond motifs is 1. The van der Waals surface area contributed by atoms with Gasteiger partial charge in [-0.05, 0) is 42.5 Å². The van der Waals surface area contributed by atoms with Gasteiger partial charge >= 0.3 is 0 Å². The predicted octanol–water partition coefficient (Wildman–Crippen LogP) is 4.73. The summed E-state index contributed by atoms with van der Waals surface area (Å²) in [4.78, 5) is 28.9. The number of nitrogens with zero attached hydrogens (tertiary/aromatic N) is 1. The molecule has 3 aromatic carbocycles. The number of ketones is 1. The van der Waals surface area contributed by atoms with E-state index < -0.39 is 40.4 Å². The minimum Gasteiger partial charge on any atom is -0.443 e. The van der Waals surface area contributed by atoms with Crippen LogP contribution in [0.25, 0.3) is 11.1 Å². The molecule has 1 aromatic heterocycles. The molecule has 0 saturated heterocycles. The average Bonchev–Trinajstić information content (AvgIpc) is 3.17. The van der Waals surface area contributed by atoms with Crippen LogP contribution in [-0.2, 0) is 0 Å². The lowest BCUT2D eigenvalue weighted by Gasteiger charge is -2.10. The van der Waals surface area contributed by atoms with Crippen molar-refractivity contribution in [3.8, 4) is 0 Å². The molecule has 1 N–H and O–H groups in total. The lowest BCUT2D eigenvalue weighted by molar-refractivity contribution is 0.101. The van der Waals surface area contributed by atoms with Crippen molar-refractivity contribution in [1.82, 2.24) is 4.98 Å². The van der Waals surface area contributed by atoms with Crippen LogP contribution in [0.3, 0.4) is 0 Å². The molecule has 4 aromatic rings. The maximum absolute atomic E-state index is 14.9. The number of hydrogen-bond acceptors (Lipinski definition) is 4. The molecule has 0 unspecified atom stereocenters. The first kappa shape index (κ1) is 18.4. The highest BCUT2D eigenvalue weighted by Gasteiger charge is 2.21. The Morgan fingerprint density at radius 3 is 2.52 bits per heavy atom. The molecule has 8 heteroatoms. The van der Waals surface area contributed by atoms with Crippen molar-refractivity contribution in [2.24, 2.45) is 0 Å². The van der Waals surface area contributed by atoms with Crippen LogP contribution in [0.5, 0.6) is 0 Å². The molecule has 0 spiro atoms. The molecule has 0 radical (unpaired) electrons. The maximum Gasteiger partial charge on any atom is 0.255 e. The molecule has 0 aliphatic rings. The second kappa shape index (κ2) is 7.23. The Morgan fingerprint density at radius 2 is 1.72 bits per heavy atom. The van der Waals surface area contributed by atoms with Crippen molar-refractivity contribution in [3.63, 3.8) is 0 Å². The van der Waals surface area contributed by atoms with E-state index in [-0.39, 0.29) is 11.1 Å². The van der Waals surface area contributed by atoms with Gasteiger partial charge < -0.3 is 9.73 Å². The van der Waals surface area contributed by atoms with Crippen LogP contribution < -0.4 is 5.32 Å².